The van der Waals surface area contributed by atoms with Crippen LogP contribution in [0.5, 0.6) is 0 Å². The first kappa shape index (κ1) is 12.3. The first-order valence-corrected chi connectivity index (χ1v) is 5.79. The molecule has 18 heavy (non-hydrogen) atoms. The highest BCUT2D eigenvalue weighted by Gasteiger charge is 2.15. The highest BCUT2D eigenvalue weighted by atomic mass is 19.1. The van der Waals surface area contributed by atoms with Gasteiger partial charge in [-0.25, -0.2) is 4.39 Å². The highest BCUT2D eigenvalue weighted by molar-refractivity contribution is 5.95. The molecule has 2 rings (SSSR count). The Morgan fingerprint density at radius 1 is 1.06 bits per heavy atom. The summed E-state index contributed by atoms with van der Waals surface area (Å²) in [5, 5.41) is 2.59. The number of anilines is 1. The van der Waals surface area contributed by atoms with Crippen molar-refractivity contribution in [2.45, 2.75) is 12.8 Å². The molecule has 0 saturated heterocycles. The molecule has 0 bridgehead atoms. The van der Waals surface area contributed by atoms with Crippen LogP contribution in [-0.4, -0.2) is 5.91 Å². The average Bonchev–Trinajstić information content (AvgIpc) is 2.41. The third kappa shape index (κ3) is 2.74. The van der Waals surface area contributed by atoms with Gasteiger partial charge in [-0.15, -0.1) is 0 Å². The second kappa shape index (κ2) is 5.45. The number of halogens is 1. The molecule has 0 aromatic heterocycles. The van der Waals surface area contributed by atoms with Crippen LogP contribution in [0.15, 0.2) is 54.6 Å². The number of benzene rings is 2. The summed E-state index contributed by atoms with van der Waals surface area (Å²) in [6, 6.07) is 15.6. The minimum absolute atomic E-state index is 0.213. The Labute approximate surface area is 105 Å². The standard InChI is InChI=1S/C15H14FNO/c1-11(12-7-3-2-4-8-12)15(18)17-14-10-6-5-9-13(14)16/h2-11H,1H3,(H,17,18)/t11-/m1/s1. The number of hydrogen-bond acceptors (Lipinski definition) is 1. The van der Waals surface area contributed by atoms with Crippen molar-refractivity contribution in [1.29, 1.82) is 0 Å². The van der Waals surface area contributed by atoms with Crippen LogP contribution in [0, 0.1) is 5.82 Å². The molecule has 0 aliphatic heterocycles. The smallest absolute Gasteiger partial charge is 0.231 e. The van der Waals surface area contributed by atoms with Gasteiger partial charge in [-0.05, 0) is 24.6 Å². The number of rotatable bonds is 3. The molecule has 1 N–H and O–H groups in total. The van der Waals surface area contributed by atoms with Gasteiger partial charge in [0.2, 0.25) is 5.91 Å². The van der Waals surface area contributed by atoms with Gasteiger partial charge < -0.3 is 5.32 Å². The number of carbonyl (C=O) groups excluding carboxylic acids is 1. The zero-order chi connectivity index (χ0) is 13.0. The van der Waals surface area contributed by atoms with Crippen molar-refractivity contribution in [3.05, 3.63) is 66.0 Å². The lowest BCUT2D eigenvalue weighted by molar-refractivity contribution is -0.117. The molecule has 3 heteroatoms. The quantitative estimate of drug-likeness (QED) is 0.877. The highest BCUT2D eigenvalue weighted by Crippen LogP contribution is 2.19. The molecule has 0 saturated carbocycles. The number of amides is 1. The van der Waals surface area contributed by atoms with E-state index >= 15 is 0 Å². The summed E-state index contributed by atoms with van der Waals surface area (Å²) >= 11 is 0. The van der Waals surface area contributed by atoms with Gasteiger partial charge in [0.15, 0.2) is 0 Å². The van der Waals surface area contributed by atoms with Gasteiger partial charge in [0.05, 0.1) is 11.6 Å². The largest absolute Gasteiger partial charge is 0.323 e. The van der Waals surface area contributed by atoms with Crippen molar-refractivity contribution >= 4 is 11.6 Å². The summed E-state index contributed by atoms with van der Waals surface area (Å²) in [6.45, 7) is 1.80. The summed E-state index contributed by atoms with van der Waals surface area (Å²) in [7, 11) is 0. The Morgan fingerprint density at radius 3 is 2.33 bits per heavy atom. The molecule has 0 spiro atoms. The molecular weight excluding hydrogens is 229 g/mol. The fourth-order valence-electron chi connectivity index (χ4n) is 1.70. The van der Waals surface area contributed by atoms with E-state index in [1.165, 1.54) is 6.07 Å². The molecule has 0 fully saturated rings. The molecule has 0 radical (unpaired) electrons. The Kier molecular flexibility index (Phi) is 3.72. The lowest BCUT2D eigenvalue weighted by Gasteiger charge is -2.12. The van der Waals surface area contributed by atoms with E-state index in [0.29, 0.717) is 0 Å². The first-order chi connectivity index (χ1) is 8.68. The zero-order valence-electron chi connectivity index (χ0n) is 10.1. The van der Waals surface area contributed by atoms with Crippen LogP contribution in [0.1, 0.15) is 18.4 Å². The molecule has 2 aromatic rings. The molecule has 92 valence electrons. The Balaban J connectivity index is 2.12. The lowest BCUT2D eigenvalue weighted by atomic mass is 10.0. The van der Waals surface area contributed by atoms with E-state index in [1.807, 2.05) is 30.3 Å². The normalized spacial score (nSPS) is 11.9. The molecule has 1 amide bonds. The van der Waals surface area contributed by atoms with Crippen LogP contribution in [-0.2, 0) is 4.79 Å². The lowest BCUT2D eigenvalue weighted by Crippen LogP contribution is -2.19. The minimum atomic E-state index is -0.425. The van der Waals surface area contributed by atoms with E-state index in [1.54, 1.807) is 25.1 Å². The van der Waals surface area contributed by atoms with Crippen LogP contribution in [0.3, 0.4) is 0 Å². The van der Waals surface area contributed by atoms with Crippen molar-refractivity contribution in [3.8, 4) is 0 Å². The van der Waals surface area contributed by atoms with Crippen LogP contribution < -0.4 is 5.32 Å². The van der Waals surface area contributed by atoms with Gasteiger partial charge in [-0.3, -0.25) is 4.79 Å². The van der Waals surface area contributed by atoms with Gasteiger partial charge in [-0.2, -0.15) is 0 Å². The van der Waals surface area contributed by atoms with Crippen LogP contribution in [0.25, 0.3) is 0 Å². The van der Waals surface area contributed by atoms with Gasteiger partial charge >= 0.3 is 0 Å². The fourth-order valence-corrected chi connectivity index (χ4v) is 1.70. The van der Waals surface area contributed by atoms with E-state index < -0.39 is 5.82 Å². The van der Waals surface area contributed by atoms with Gasteiger partial charge in [-0.1, -0.05) is 42.5 Å². The summed E-state index contributed by atoms with van der Waals surface area (Å²) in [4.78, 5) is 12.0. The Morgan fingerprint density at radius 2 is 1.67 bits per heavy atom. The Bertz CT molecular complexity index is 539. The van der Waals surface area contributed by atoms with Crippen LogP contribution in [0.2, 0.25) is 0 Å². The minimum Gasteiger partial charge on any atom is -0.323 e. The molecule has 1 atom stereocenters. The number of nitrogens with one attached hydrogen (secondary N) is 1. The molecule has 2 nitrogen and oxygen atoms in total. The fraction of sp³-hybridized carbons (Fsp3) is 0.133. The maximum absolute atomic E-state index is 13.4. The maximum Gasteiger partial charge on any atom is 0.231 e. The van der Waals surface area contributed by atoms with Crippen LogP contribution in [0.4, 0.5) is 10.1 Å². The first-order valence-electron chi connectivity index (χ1n) is 5.79. The topological polar surface area (TPSA) is 29.1 Å². The van der Waals surface area contributed by atoms with Crippen molar-refractivity contribution in [2.24, 2.45) is 0 Å². The predicted molar refractivity (Wildman–Crippen MR) is 69.9 cm³/mol. The zero-order valence-corrected chi connectivity index (χ0v) is 10.1. The summed E-state index contributed by atoms with van der Waals surface area (Å²) in [5.41, 5.74) is 1.12. The van der Waals surface area contributed by atoms with E-state index in [9.17, 15) is 9.18 Å². The maximum atomic E-state index is 13.4. The van der Waals surface area contributed by atoms with Crippen molar-refractivity contribution < 1.29 is 9.18 Å². The molecule has 0 heterocycles. The van der Waals surface area contributed by atoms with Gasteiger partial charge in [0.25, 0.3) is 0 Å². The summed E-state index contributed by atoms with van der Waals surface area (Å²) in [6.07, 6.45) is 0. The second-order valence-corrected chi connectivity index (χ2v) is 4.10. The van der Waals surface area contributed by atoms with Crippen molar-refractivity contribution in [3.63, 3.8) is 0 Å². The molecule has 2 aromatic carbocycles. The monoisotopic (exact) mass is 243 g/mol. The second-order valence-electron chi connectivity index (χ2n) is 4.10. The summed E-state index contributed by atoms with van der Waals surface area (Å²) < 4.78 is 13.4. The predicted octanol–water partition coefficient (Wildman–Crippen LogP) is 3.57. The van der Waals surface area contributed by atoms with Crippen molar-refractivity contribution in [1.82, 2.24) is 0 Å². The number of carbonyl (C=O) groups is 1. The summed E-state index contributed by atoms with van der Waals surface area (Å²) in [5.74, 6) is -0.955. The van der Waals surface area contributed by atoms with E-state index in [0.717, 1.165) is 5.56 Å². The SMILES string of the molecule is C[C@@H](C(=O)Nc1ccccc1F)c1ccccc1. The van der Waals surface area contributed by atoms with Gasteiger partial charge in [0.1, 0.15) is 5.82 Å². The van der Waals surface area contributed by atoms with Crippen molar-refractivity contribution in [2.75, 3.05) is 5.32 Å². The number of para-hydroxylation sites is 1. The third-order valence-electron chi connectivity index (χ3n) is 2.82. The van der Waals surface area contributed by atoms with E-state index in [4.69, 9.17) is 0 Å². The van der Waals surface area contributed by atoms with E-state index in [-0.39, 0.29) is 17.5 Å². The molecule has 0 unspecified atom stereocenters. The van der Waals surface area contributed by atoms with E-state index in [2.05, 4.69) is 5.32 Å². The number of hydrogen-bond donors (Lipinski definition) is 1. The molecular formula is C15H14FNO. The molecule has 0 aliphatic rings. The van der Waals surface area contributed by atoms with Crippen LogP contribution >= 0.6 is 0 Å². The third-order valence-corrected chi connectivity index (χ3v) is 2.82. The average molecular weight is 243 g/mol. The Hall–Kier alpha value is -2.16. The van der Waals surface area contributed by atoms with Gasteiger partial charge in [0, 0.05) is 0 Å². The molecule has 0 aliphatic carbocycles.